The molecule has 5 nitrogen and oxygen atoms in total. The lowest BCUT2D eigenvalue weighted by molar-refractivity contribution is -0.0708. The topological polar surface area (TPSA) is 79.2 Å². The molecule has 0 aromatic carbocycles. The molecule has 1 heterocycles. The first-order chi connectivity index (χ1) is 9.08. The highest BCUT2D eigenvalue weighted by Crippen LogP contribution is 2.29. The molecule has 19 heavy (non-hydrogen) atoms. The van der Waals surface area contributed by atoms with Gasteiger partial charge in [-0.3, -0.25) is 0 Å². The molecule has 0 aromatic heterocycles. The highest BCUT2D eigenvalue weighted by Gasteiger charge is 2.37. The third kappa shape index (κ3) is 5.75. The second-order valence-corrected chi connectivity index (χ2v) is 5.39. The smallest absolute Gasteiger partial charge is 0.100 e. The number of aliphatic hydroxyl groups excluding tert-OH is 3. The molecule has 3 N–H and O–H groups in total. The molecule has 0 radical (unpaired) electrons. The molecule has 5 unspecified atom stereocenters. The number of hydrogen-bond acceptors (Lipinski definition) is 5. The number of rotatable bonds is 9. The SMILES string of the molecule is CCCCCC1OC(C(C)O)CC1OCC(O)CO. The summed E-state index contributed by atoms with van der Waals surface area (Å²) in [7, 11) is 0. The zero-order valence-corrected chi connectivity index (χ0v) is 12.0. The average molecular weight is 276 g/mol. The second-order valence-electron chi connectivity index (χ2n) is 5.39. The number of ether oxygens (including phenoxy) is 2. The van der Waals surface area contributed by atoms with Crippen LogP contribution >= 0.6 is 0 Å². The molecule has 0 bridgehead atoms. The summed E-state index contributed by atoms with van der Waals surface area (Å²) in [5, 5.41) is 27.7. The van der Waals surface area contributed by atoms with Gasteiger partial charge in [0.15, 0.2) is 0 Å². The third-order valence-electron chi connectivity index (χ3n) is 3.57. The number of hydrogen-bond donors (Lipinski definition) is 3. The Morgan fingerprint density at radius 1 is 1.32 bits per heavy atom. The van der Waals surface area contributed by atoms with Crippen molar-refractivity contribution in [2.45, 2.75) is 76.5 Å². The lowest BCUT2D eigenvalue weighted by Crippen LogP contribution is -2.29. The maximum absolute atomic E-state index is 9.61. The van der Waals surface area contributed by atoms with Crippen molar-refractivity contribution in [3.05, 3.63) is 0 Å². The molecular weight excluding hydrogens is 248 g/mol. The standard InChI is InChI=1S/C14H28O5/c1-3-4-5-6-12-14(18-9-11(17)8-15)7-13(19-12)10(2)16/h10-17H,3-9H2,1-2H3. The van der Waals surface area contributed by atoms with E-state index in [1.807, 2.05) is 0 Å². The molecule has 0 aromatic rings. The molecule has 1 rings (SSSR count). The van der Waals surface area contributed by atoms with Crippen LogP contribution < -0.4 is 0 Å². The van der Waals surface area contributed by atoms with Gasteiger partial charge in [-0.2, -0.15) is 0 Å². The predicted molar refractivity (Wildman–Crippen MR) is 71.9 cm³/mol. The zero-order chi connectivity index (χ0) is 14.3. The fourth-order valence-electron chi connectivity index (χ4n) is 2.37. The van der Waals surface area contributed by atoms with Gasteiger partial charge in [0, 0.05) is 6.42 Å². The Labute approximate surface area is 115 Å². The van der Waals surface area contributed by atoms with Crippen LogP contribution in [0.15, 0.2) is 0 Å². The molecule has 1 fully saturated rings. The summed E-state index contributed by atoms with van der Waals surface area (Å²) in [6, 6.07) is 0. The lowest BCUT2D eigenvalue weighted by Gasteiger charge is -2.20. The number of aliphatic hydroxyl groups is 3. The van der Waals surface area contributed by atoms with E-state index in [1.165, 1.54) is 0 Å². The van der Waals surface area contributed by atoms with E-state index in [4.69, 9.17) is 14.6 Å². The van der Waals surface area contributed by atoms with Gasteiger partial charge in [-0.1, -0.05) is 26.2 Å². The van der Waals surface area contributed by atoms with E-state index >= 15 is 0 Å². The molecule has 0 amide bonds. The van der Waals surface area contributed by atoms with E-state index in [9.17, 15) is 10.2 Å². The second kappa shape index (κ2) is 8.87. The van der Waals surface area contributed by atoms with Gasteiger partial charge in [-0.05, 0) is 13.3 Å². The molecule has 1 saturated heterocycles. The van der Waals surface area contributed by atoms with Gasteiger partial charge in [-0.25, -0.2) is 0 Å². The quantitative estimate of drug-likeness (QED) is 0.544. The van der Waals surface area contributed by atoms with Crippen molar-refractivity contribution in [2.24, 2.45) is 0 Å². The molecule has 0 saturated carbocycles. The number of unbranched alkanes of at least 4 members (excludes halogenated alkanes) is 2. The van der Waals surface area contributed by atoms with Crippen molar-refractivity contribution in [3.63, 3.8) is 0 Å². The predicted octanol–water partition coefficient (Wildman–Crippen LogP) is 0.843. The van der Waals surface area contributed by atoms with Crippen LogP contribution in [0.1, 0.15) is 46.0 Å². The minimum Gasteiger partial charge on any atom is -0.394 e. The van der Waals surface area contributed by atoms with Crippen LogP contribution in [0.2, 0.25) is 0 Å². The molecule has 5 heteroatoms. The van der Waals surface area contributed by atoms with Gasteiger partial charge < -0.3 is 24.8 Å². The molecule has 1 aliphatic heterocycles. The van der Waals surface area contributed by atoms with Gasteiger partial charge >= 0.3 is 0 Å². The highest BCUT2D eigenvalue weighted by atomic mass is 16.6. The van der Waals surface area contributed by atoms with Gasteiger partial charge in [0.2, 0.25) is 0 Å². The Bertz CT molecular complexity index is 234. The zero-order valence-electron chi connectivity index (χ0n) is 12.0. The van der Waals surface area contributed by atoms with Crippen molar-refractivity contribution in [2.75, 3.05) is 13.2 Å². The van der Waals surface area contributed by atoms with E-state index in [-0.39, 0.29) is 31.5 Å². The van der Waals surface area contributed by atoms with Crippen LogP contribution in [0.3, 0.4) is 0 Å². The van der Waals surface area contributed by atoms with Crippen molar-refractivity contribution >= 4 is 0 Å². The Kier molecular flexibility index (Phi) is 7.87. The molecule has 0 aliphatic carbocycles. The maximum Gasteiger partial charge on any atom is 0.100 e. The summed E-state index contributed by atoms with van der Waals surface area (Å²) in [5.74, 6) is 0. The summed E-state index contributed by atoms with van der Waals surface area (Å²) in [4.78, 5) is 0. The Morgan fingerprint density at radius 3 is 2.63 bits per heavy atom. The maximum atomic E-state index is 9.61. The van der Waals surface area contributed by atoms with Gasteiger partial charge in [-0.15, -0.1) is 0 Å². The van der Waals surface area contributed by atoms with E-state index in [1.54, 1.807) is 6.92 Å². The minimum absolute atomic E-state index is 0.0166. The third-order valence-corrected chi connectivity index (χ3v) is 3.57. The molecule has 0 spiro atoms. The van der Waals surface area contributed by atoms with Gasteiger partial charge in [0.25, 0.3) is 0 Å². The van der Waals surface area contributed by atoms with Gasteiger partial charge in [0.05, 0.1) is 37.6 Å². The first-order valence-corrected chi connectivity index (χ1v) is 7.32. The fourth-order valence-corrected chi connectivity index (χ4v) is 2.37. The molecule has 1 aliphatic rings. The van der Waals surface area contributed by atoms with Crippen LogP contribution in [0, 0.1) is 0 Å². The van der Waals surface area contributed by atoms with E-state index < -0.39 is 12.2 Å². The first kappa shape index (κ1) is 16.9. The Balaban J connectivity index is 2.42. The van der Waals surface area contributed by atoms with Crippen LogP contribution in [-0.2, 0) is 9.47 Å². The monoisotopic (exact) mass is 276 g/mol. The fraction of sp³-hybridized carbons (Fsp3) is 1.00. The van der Waals surface area contributed by atoms with Crippen molar-refractivity contribution in [1.82, 2.24) is 0 Å². The Morgan fingerprint density at radius 2 is 2.05 bits per heavy atom. The summed E-state index contributed by atoms with van der Waals surface area (Å²) < 4.78 is 11.5. The van der Waals surface area contributed by atoms with Crippen LogP contribution in [0.25, 0.3) is 0 Å². The van der Waals surface area contributed by atoms with Crippen LogP contribution in [-0.4, -0.2) is 59.1 Å². The van der Waals surface area contributed by atoms with E-state index in [2.05, 4.69) is 6.92 Å². The van der Waals surface area contributed by atoms with Crippen LogP contribution in [0.4, 0.5) is 0 Å². The largest absolute Gasteiger partial charge is 0.394 e. The molecule has 114 valence electrons. The summed E-state index contributed by atoms with van der Waals surface area (Å²) >= 11 is 0. The summed E-state index contributed by atoms with van der Waals surface area (Å²) in [5.41, 5.74) is 0. The summed E-state index contributed by atoms with van der Waals surface area (Å²) in [6.45, 7) is 3.69. The first-order valence-electron chi connectivity index (χ1n) is 7.32. The summed E-state index contributed by atoms with van der Waals surface area (Å²) in [6.07, 6.45) is 3.29. The molecule has 5 atom stereocenters. The normalized spacial score (nSPS) is 30.5. The Hall–Kier alpha value is -0.200. The van der Waals surface area contributed by atoms with Crippen molar-refractivity contribution in [1.29, 1.82) is 0 Å². The molecular formula is C14H28O5. The van der Waals surface area contributed by atoms with Crippen molar-refractivity contribution in [3.8, 4) is 0 Å². The van der Waals surface area contributed by atoms with Crippen molar-refractivity contribution < 1.29 is 24.8 Å². The lowest BCUT2D eigenvalue weighted by atomic mass is 10.0. The van der Waals surface area contributed by atoms with Gasteiger partial charge in [0.1, 0.15) is 6.10 Å². The van der Waals surface area contributed by atoms with E-state index in [0.29, 0.717) is 6.42 Å². The van der Waals surface area contributed by atoms with Crippen LogP contribution in [0.5, 0.6) is 0 Å². The van der Waals surface area contributed by atoms with E-state index in [0.717, 1.165) is 25.7 Å². The average Bonchev–Trinajstić information content (AvgIpc) is 2.80. The highest BCUT2D eigenvalue weighted by molar-refractivity contribution is 4.86. The minimum atomic E-state index is -0.845.